The molecule has 124 valence electrons. The monoisotopic (exact) mass is 325 g/mol. The van der Waals surface area contributed by atoms with Crippen molar-refractivity contribution in [3.05, 3.63) is 29.8 Å². The first-order valence-corrected chi connectivity index (χ1v) is 6.75. The average Bonchev–Trinajstić information content (AvgIpc) is 2.42. The second kappa shape index (κ2) is 6.37. The zero-order chi connectivity index (χ0) is 16.4. The molecule has 0 bridgehead atoms. The lowest BCUT2D eigenvalue weighted by atomic mass is 9.90. The van der Waals surface area contributed by atoms with Crippen molar-refractivity contribution in [3.63, 3.8) is 0 Å². The van der Waals surface area contributed by atoms with Crippen LogP contribution in [0.1, 0.15) is 18.4 Å². The van der Waals surface area contributed by atoms with Gasteiger partial charge in [0.2, 0.25) is 0 Å². The lowest BCUT2D eigenvalue weighted by Crippen LogP contribution is -2.53. The fraction of sp³-hybridized carbons (Fsp3) is 0.571. The second-order valence-electron chi connectivity index (χ2n) is 5.33. The summed E-state index contributed by atoms with van der Waals surface area (Å²) in [6.07, 6.45) is -5.36. The van der Waals surface area contributed by atoms with Crippen LogP contribution in [0.2, 0.25) is 0 Å². The van der Waals surface area contributed by atoms with Crippen molar-refractivity contribution in [2.45, 2.75) is 37.8 Å². The highest BCUT2D eigenvalue weighted by Crippen LogP contribution is 2.38. The molecule has 8 heteroatoms. The van der Waals surface area contributed by atoms with E-state index < -0.39 is 18.4 Å². The van der Waals surface area contributed by atoms with Crippen LogP contribution >= 0.6 is 0 Å². The fourth-order valence-electron chi connectivity index (χ4n) is 2.40. The summed E-state index contributed by atoms with van der Waals surface area (Å²) in [6.45, 7) is -2.27. The van der Waals surface area contributed by atoms with Crippen LogP contribution in [-0.2, 0) is 6.54 Å². The zero-order valence-corrected chi connectivity index (χ0v) is 11.6. The molecule has 1 fully saturated rings. The number of ether oxygens (including phenoxy) is 1. The van der Waals surface area contributed by atoms with Gasteiger partial charge in [0.15, 0.2) is 5.60 Å². The first-order valence-electron chi connectivity index (χ1n) is 6.75. The summed E-state index contributed by atoms with van der Waals surface area (Å²) >= 11 is 0. The van der Waals surface area contributed by atoms with Crippen LogP contribution in [0, 0.1) is 0 Å². The van der Waals surface area contributed by atoms with Crippen molar-refractivity contribution in [2.75, 3.05) is 13.1 Å². The van der Waals surface area contributed by atoms with E-state index in [1.165, 1.54) is 12.1 Å². The van der Waals surface area contributed by atoms with E-state index in [-0.39, 0.29) is 31.7 Å². The Morgan fingerprint density at radius 3 is 2.14 bits per heavy atom. The Morgan fingerprint density at radius 2 is 1.68 bits per heavy atom. The third-order valence-electron chi connectivity index (χ3n) is 3.77. The third-order valence-corrected chi connectivity index (χ3v) is 3.77. The predicted molar refractivity (Wildman–Crippen MR) is 68.6 cm³/mol. The van der Waals surface area contributed by atoms with Crippen molar-refractivity contribution < 1.29 is 31.8 Å². The highest BCUT2D eigenvalue weighted by Gasteiger charge is 2.54. The quantitative estimate of drug-likeness (QED) is 0.863. The van der Waals surface area contributed by atoms with Crippen LogP contribution in [0.25, 0.3) is 0 Å². The highest BCUT2D eigenvalue weighted by molar-refractivity contribution is 5.27. The maximum atomic E-state index is 12.7. The van der Waals surface area contributed by atoms with Crippen molar-refractivity contribution >= 4 is 0 Å². The van der Waals surface area contributed by atoms with Crippen LogP contribution in [0.3, 0.4) is 0 Å². The minimum absolute atomic E-state index is 0.0313. The summed E-state index contributed by atoms with van der Waals surface area (Å²) in [5.74, 6) is 0.0313. The Kier molecular flexibility index (Phi) is 4.91. The molecular weight excluding hydrogens is 309 g/mol. The van der Waals surface area contributed by atoms with Gasteiger partial charge in [-0.15, -0.1) is 0 Å². The molecule has 0 amide bonds. The molecule has 2 rings (SSSR count). The van der Waals surface area contributed by atoms with E-state index in [2.05, 4.69) is 4.74 Å². The first kappa shape index (κ1) is 17.0. The molecule has 1 aliphatic heterocycles. The highest BCUT2D eigenvalue weighted by atomic mass is 19.4. The zero-order valence-electron chi connectivity index (χ0n) is 11.6. The van der Waals surface area contributed by atoms with Crippen molar-refractivity contribution in [1.82, 2.24) is 4.90 Å². The van der Waals surface area contributed by atoms with E-state index in [4.69, 9.17) is 0 Å². The van der Waals surface area contributed by atoms with E-state index in [1.54, 1.807) is 17.0 Å². The Balaban J connectivity index is 1.88. The predicted octanol–water partition coefficient (Wildman–Crippen LogP) is 3.18. The molecule has 1 aromatic carbocycles. The van der Waals surface area contributed by atoms with Gasteiger partial charge in [-0.05, 0) is 30.5 Å². The Morgan fingerprint density at radius 1 is 1.14 bits per heavy atom. The fourth-order valence-corrected chi connectivity index (χ4v) is 2.40. The molecule has 0 radical (unpaired) electrons. The maximum absolute atomic E-state index is 12.7. The third kappa shape index (κ3) is 4.07. The van der Waals surface area contributed by atoms with Gasteiger partial charge in [0.1, 0.15) is 5.75 Å². The van der Waals surface area contributed by atoms with Gasteiger partial charge in [-0.1, -0.05) is 12.1 Å². The summed E-state index contributed by atoms with van der Waals surface area (Å²) in [4.78, 5) is 1.78. The Hall–Kier alpha value is -1.41. The number of nitrogens with zero attached hydrogens (tertiary/aromatic N) is 1. The van der Waals surface area contributed by atoms with Gasteiger partial charge in [0.05, 0.1) is 0 Å². The first-order chi connectivity index (χ1) is 10.2. The largest absolute Gasteiger partial charge is 0.435 e. The number of aliphatic hydroxyl groups is 1. The molecule has 1 heterocycles. The number of rotatable bonds is 4. The number of alkyl halides is 5. The standard InChI is InChI=1S/C14H16F5NO2/c15-12(16)22-11-3-1-10(2-4-11)9-20-7-5-13(21,6-8-20)14(17,18)19/h1-4,12,21H,5-9H2. The van der Waals surface area contributed by atoms with Crippen LogP contribution < -0.4 is 4.74 Å². The van der Waals surface area contributed by atoms with Crippen LogP contribution in [-0.4, -0.2) is 41.5 Å². The molecule has 1 N–H and O–H groups in total. The molecule has 0 aromatic heterocycles. The lowest BCUT2D eigenvalue weighted by Gasteiger charge is -2.39. The molecule has 0 unspecified atom stereocenters. The van der Waals surface area contributed by atoms with E-state index in [9.17, 15) is 27.1 Å². The van der Waals surface area contributed by atoms with Gasteiger partial charge < -0.3 is 9.84 Å². The lowest BCUT2D eigenvalue weighted by molar-refractivity contribution is -0.272. The number of piperidine rings is 1. The van der Waals surface area contributed by atoms with Gasteiger partial charge in [0, 0.05) is 19.6 Å². The minimum Gasteiger partial charge on any atom is -0.435 e. The van der Waals surface area contributed by atoms with E-state index >= 15 is 0 Å². The molecular formula is C14H16F5NO2. The van der Waals surface area contributed by atoms with E-state index in [0.29, 0.717) is 6.54 Å². The number of benzene rings is 1. The van der Waals surface area contributed by atoms with Gasteiger partial charge in [-0.3, -0.25) is 4.90 Å². The topological polar surface area (TPSA) is 32.7 Å². The maximum Gasteiger partial charge on any atom is 0.417 e. The van der Waals surface area contributed by atoms with E-state index in [1.807, 2.05) is 0 Å². The molecule has 22 heavy (non-hydrogen) atoms. The Labute approximate surface area is 124 Å². The normalized spacial score (nSPS) is 19.4. The van der Waals surface area contributed by atoms with E-state index in [0.717, 1.165) is 5.56 Å². The van der Waals surface area contributed by atoms with Crippen molar-refractivity contribution in [2.24, 2.45) is 0 Å². The van der Waals surface area contributed by atoms with Crippen molar-refractivity contribution in [3.8, 4) is 5.75 Å². The molecule has 0 saturated carbocycles. The molecule has 1 aliphatic rings. The number of hydrogen-bond acceptors (Lipinski definition) is 3. The van der Waals surface area contributed by atoms with Crippen LogP contribution in [0.4, 0.5) is 22.0 Å². The molecule has 0 spiro atoms. The second-order valence-corrected chi connectivity index (χ2v) is 5.33. The van der Waals surface area contributed by atoms with Crippen molar-refractivity contribution in [1.29, 1.82) is 0 Å². The molecule has 3 nitrogen and oxygen atoms in total. The summed E-state index contributed by atoms with van der Waals surface area (Å²) in [5, 5.41) is 9.57. The van der Waals surface area contributed by atoms with Gasteiger partial charge in [-0.2, -0.15) is 22.0 Å². The van der Waals surface area contributed by atoms with Gasteiger partial charge >= 0.3 is 12.8 Å². The number of halogens is 5. The smallest absolute Gasteiger partial charge is 0.417 e. The van der Waals surface area contributed by atoms with Crippen LogP contribution in [0.15, 0.2) is 24.3 Å². The SMILES string of the molecule is OC1(C(F)(F)F)CCN(Cc2ccc(OC(F)F)cc2)CC1. The molecule has 1 aromatic rings. The number of hydrogen-bond donors (Lipinski definition) is 1. The summed E-state index contributed by atoms with van der Waals surface area (Å²) < 4.78 is 66.3. The average molecular weight is 325 g/mol. The summed E-state index contributed by atoms with van der Waals surface area (Å²) in [6, 6.07) is 5.94. The van der Waals surface area contributed by atoms with Crippen LogP contribution in [0.5, 0.6) is 5.75 Å². The molecule has 0 aliphatic carbocycles. The molecule has 1 saturated heterocycles. The Bertz CT molecular complexity index is 481. The minimum atomic E-state index is -4.62. The van der Waals surface area contributed by atoms with Gasteiger partial charge in [0.25, 0.3) is 0 Å². The molecule has 0 atom stereocenters. The number of likely N-dealkylation sites (tertiary alicyclic amines) is 1. The summed E-state index contributed by atoms with van der Waals surface area (Å²) in [7, 11) is 0. The van der Waals surface area contributed by atoms with Gasteiger partial charge in [-0.25, -0.2) is 0 Å². The summed E-state index contributed by atoms with van der Waals surface area (Å²) in [5.41, 5.74) is -1.84.